The van der Waals surface area contributed by atoms with Crippen LogP contribution in [0.1, 0.15) is 0 Å². The third-order valence-electron chi connectivity index (χ3n) is 0. The van der Waals surface area contributed by atoms with E-state index in [1.807, 2.05) is 6.55 Å². The topological polar surface area (TPSA) is 0 Å². The van der Waals surface area contributed by atoms with E-state index in [1.165, 1.54) is 0 Å². The summed E-state index contributed by atoms with van der Waals surface area (Å²) in [5, 5.41) is 0. The van der Waals surface area contributed by atoms with Crippen molar-refractivity contribution in [2.75, 3.05) is 7.18 Å². The molecule has 0 bridgehead atoms. The maximum Gasteiger partial charge on any atom is 0.234 e. The van der Waals surface area contributed by atoms with Crippen LogP contribution in [0.25, 0.3) is 0 Å². The summed E-state index contributed by atoms with van der Waals surface area (Å²) in [7, 11) is -0.694. The zero-order valence-electron chi connectivity index (χ0n) is 3.71. The van der Waals surface area contributed by atoms with Gasteiger partial charge in [-0.15, -0.1) is 0 Å². The van der Waals surface area contributed by atoms with Crippen molar-refractivity contribution in [2.45, 2.75) is 6.55 Å². The minimum Gasteiger partial charge on any atom is -0.255 e. The molecular weight excluding hydrogens is 142 g/mol. The summed E-state index contributed by atoms with van der Waals surface area (Å²) in [5.41, 5.74) is 0. The van der Waals surface area contributed by atoms with Crippen LogP contribution in [0.15, 0.2) is 0 Å². The third-order valence-corrected chi connectivity index (χ3v) is 0. The molecular formula is C2H7Cl2FSi. The summed E-state index contributed by atoms with van der Waals surface area (Å²) in [6.45, 7) is 1.84. The Balaban J connectivity index is 0. The molecule has 0 heterocycles. The van der Waals surface area contributed by atoms with Gasteiger partial charge in [-0.25, -0.2) is 0 Å². The predicted octanol–water partition coefficient (Wildman–Crippen LogP) is 1.90. The Bertz CT molecular complexity index is 16.3. The summed E-state index contributed by atoms with van der Waals surface area (Å²) in [5.74, 6) is 0. The van der Waals surface area contributed by atoms with Gasteiger partial charge in [0.1, 0.15) is 0 Å². The molecule has 0 aromatic heterocycles. The van der Waals surface area contributed by atoms with Crippen LogP contribution in [0.2, 0.25) is 6.55 Å². The van der Waals surface area contributed by atoms with Crippen LogP contribution in [0.5, 0.6) is 0 Å². The second-order valence-corrected chi connectivity index (χ2v) is 6.15. The van der Waals surface area contributed by atoms with Gasteiger partial charge >= 0.3 is 0 Å². The van der Waals surface area contributed by atoms with Crippen LogP contribution in [-0.4, -0.2) is 14.6 Å². The lowest BCUT2D eigenvalue weighted by atomic mass is 11.9. The Hall–Kier alpha value is 0.727. The number of hydrogen-bond donors (Lipinski definition) is 0. The van der Waals surface area contributed by atoms with Gasteiger partial charge in [-0.05, 0) is 6.55 Å². The Kier molecular flexibility index (Phi) is 15.2. The highest BCUT2D eigenvalue weighted by molar-refractivity contribution is 7.33. The molecule has 0 N–H and O–H groups in total. The quantitative estimate of drug-likeness (QED) is 0.364. The van der Waals surface area contributed by atoms with E-state index in [4.69, 9.17) is 22.2 Å². The van der Waals surface area contributed by atoms with Crippen LogP contribution >= 0.6 is 22.2 Å². The average Bonchev–Trinajstić information content (AvgIpc) is 1.41. The van der Waals surface area contributed by atoms with E-state index in [-0.39, 0.29) is 0 Å². The third kappa shape index (κ3) is 124. The highest BCUT2D eigenvalue weighted by Crippen LogP contribution is 1.89. The molecule has 0 saturated heterocycles. The lowest BCUT2D eigenvalue weighted by Crippen LogP contribution is -1.72. The Morgan fingerprint density at radius 2 is 1.33 bits per heavy atom. The molecule has 0 saturated carbocycles. The molecule has 0 nitrogen and oxygen atoms in total. The van der Waals surface area contributed by atoms with Crippen LogP contribution in [0.4, 0.5) is 4.39 Å². The Morgan fingerprint density at radius 1 is 1.33 bits per heavy atom. The first-order valence-corrected chi connectivity index (χ1v) is 6.04. The molecule has 6 heavy (non-hydrogen) atoms. The molecule has 0 radical (unpaired) electrons. The lowest BCUT2D eigenvalue weighted by Gasteiger charge is -1.68. The molecule has 0 fully saturated rings. The summed E-state index contributed by atoms with van der Waals surface area (Å²) < 4.78 is 9.50. The Labute approximate surface area is 48.3 Å². The van der Waals surface area contributed by atoms with Gasteiger partial charge in [0.15, 0.2) is 0 Å². The van der Waals surface area contributed by atoms with Gasteiger partial charge < -0.3 is 0 Å². The van der Waals surface area contributed by atoms with Crippen molar-refractivity contribution < 1.29 is 4.39 Å². The van der Waals surface area contributed by atoms with Crippen LogP contribution in [0.3, 0.4) is 0 Å². The van der Waals surface area contributed by atoms with Crippen LogP contribution in [0, 0.1) is 0 Å². The molecule has 0 rings (SSSR count). The number of alkyl halides is 1. The van der Waals surface area contributed by atoms with Gasteiger partial charge in [-0.1, -0.05) is 0 Å². The summed E-state index contributed by atoms with van der Waals surface area (Å²) >= 11 is 10.4. The second kappa shape index (κ2) is 9.21. The van der Waals surface area contributed by atoms with E-state index in [0.717, 1.165) is 0 Å². The van der Waals surface area contributed by atoms with E-state index in [2.05, 4.69) is 0 Å². The Morgan fingerprint density at radius 3 is 1.33 bits per heavy atom. The first-order chi connectivity index (χ1) is 2.73. The van der Waals surface area contributed by atoms with E-state index in [1.54, 1.807) is 0 Å². The van der Waals surface area contributed by atoms with Gasteiger partial charge in [0.2, 0.25) is 7.42 Å². The van der Waals surface area contributed by atoms with Gasteiger partial charge in [-0.3, -0.25) is 4.39 Å². The molecule has 4 heteroatoms. The molecule has 0 aliphatic rings. The fourth-order valence-electron chi connectivity index (χ4n) is 0. The average molecular weight is 149 g/mol. The SMILES string of the molecule is CF.C[SiH](Cl)Cl. The molecule has 0 aromatic carbocycles. The highest BCUT2D eigenvalue weighted by Gasteiger charge is 1.80. The fourth-order valence-corrected chi connectivity index (χ4v) is 0. The smallest absolute Gasteiger partial charge is 0.234 e. The van der Waals surface area contributed by atoms with Crippen molar-refractivity contribution in [3.8, 4) is 0 Å². The minimum absolute atomic E-state index is 0.500. The fraction of sp³-hybridized carbons (Fsp3) is 1.00. The lowest BCUT2D eigenvalue weighted by molar-refractivity contribution is 0.636. The largest absolute Gasteiger partial charge is 0.255 e. The molecule has 0 atom stereocenters. The molecule has 0 amide bonds. The number of hydrogen-bond acceptors (Lipinski definition) is 0. The molecule has 0 aliphatic carbocycles. The van der Waals surface area contributed by atoms with E-state index >= 15 is 0 Å². The number of halogens is 3. The minimum atomic E-state index is -1.19. The summed E-state index contributed by atoms with van der Waals surface area (Å²) in [6, 6.07) is 0. The zero-order chi connectivity index (χ0) is 5.58. The zero-order valence-corrected chi connectivity index (χ0v) is 6.38. The van der Waals surface area contributed by atoms with Gasteiger partial charge in [0, 0.05) is 0 Å². The first-order valence-electron chi connectivity index (χ1n) is 1.39. The van der Waals surface area contributed by atoms with Gasteiger partial charge in [0.05, 0.1) is 7.18 Å². The normalized spacial score (nSPS) is 7.00. The van der Waals surface area contributed by atoms with Crippen LogP contribution < -0.4 is 0 Å². The van der Waals surface area contributed by atoms with E-state index in [0.29, 0.717) is 7.18 Å². The maximum atomic E-state index is 9.50. The molecule has 0 unspecified atom stereocenters. The first kappa shape index (κ1) is 9.87. The van der Waals surface area contributed by atoms with E-state index in [9.17, 15) is 4.39 Å². The van der Waals surface area contributed by atoms with Crippen molar-refractivity contribution >= 4 is 29.6 Å². The number of rotatable bonds is 0. The van der Waals surface area contributed by atoms with Crippen molar-refractivity contribution in [2.24, 2.45) is 0 Å². The molecule has 40 valence electrons. The van der Waals surface area contributed by atoms with Gasteiger partial charge in [-0.2, -0.15) is 22.2 Å². The van der Waals surface area contributed by atoms with Crippen molar-refractivity contribution in [3.05, 3.63) is 0 Å². The van der Waals surface area contributed by atoms with Crippen molar-refractivity contribution in [1.29, 1.82) is 0 Å². The molecule has 0 aromatic rings. The molecule has 0 spiro atoms. The van der Waals surface area contributed by atoms with Gasteiger partial charge in [0.25, 0.3) is 0 Å². The molecule has 0 aliphatic heterocycles. The van der Waals surface area contributed by atoms with Crippen molar-refractivity contribution in [1.82, 2.24) is 0 Å². The summed E-state index contributed by atoms with van der Waals surface area (Å²) in [4.78, 5) is 0. The highest BCUT2D eigenvalue weighted by atomic mass is 35.7. The summed E-state index contributed by atoms with van der Waals surface area (Å²) in [6.07, 6.45) is 0. The maximum absolute atomic E-state index is 9.50. The standard InChI is InChI=1S/CH4Cl2Si.CH3F/c1-4(2)3;1-2/h4H,1H3;1H3. The predicted molar refractivity (Wildman–Crippen MR) is 31.8 cm³/mol. The monoisotopic (exact) mass is 148 g/mol. The van der Waals surface area contributed by atoms with Crippen molar-refractivity contribution in [3.63, 3.8) is 0 Å². The van der Waals surface area contributed by atoms with Crippen LogP contribution in [-0.2, 0) is 0 Å². The second-order valence-electron chi connectivity index (χ2n) is 0.519. The van der Waals surface area contributed by atoms with E-state index < -0.39 is 7.42 Å².